The summed E-state index contributed by atoms with van der Waals surface area (Å²) in [5, 5.41) is 16.1. The molecule has 0 radical (unpaired) electrons. The first-order valence-corrected chi connectivity index (χ1v) is 10.6. The topological polar surface area (TPSA) is 73.3 Å². The molecule has 1 saturated heterocycles. The first-order valence-electron chi connectivity index (χ1n) is 10.6. The van der Waals surface area contributed by atoms with Gasteiger partial charge in [-0.2, -0.15) is 0 Å². The number of anilines is 1. The minimum atomic E-state index is 0.288. The van der Waals surface area contributed by atoms with Gasteiger partial charge in [-0.1, -0.05) is 30.3 Å². The summed E-state index contributed by atoms with van der Waals surface area (Å²) in [6.07, 6.45) is 2.64. The lowest BCUT2D eigenvalue weighted by molar-refractivity contribution is 0.165. The van der Waals surface area contributed by atoms with Gasteiger partial charge >= 0.3 is 0 Å². The van der Waals surface area contributed by atoms with Crippen LogP contribution in [0.2, 0.25) is 0 Å². The largest absolute Gasteiger partial charge is 0.508 e. The molecule has 2 aromatic carbocycles. The molecule has 2 heterocycles. The van der Waals surface area contributed by atoms with Crippen molar-refractivity contribution in [2.75, 3.05) is 31.5 Å². The molecule has 30 heavy (non-hydrogen) atoms. The summed E-state index contributed by atoms with van der Waals surface area (Å²) in [7, 11) is 0. The number of rotatable bonds is 7. The number of aromatic nitrogens is 2. The van der Waals surface area contributed by atoms with Crippen molar-refractivity contribution < 1.29 is 5.11 Å². The van der Waals surface area contributed by atoms with Crippen molar-refractivity contribution in [2.24, 2.45) is 0 Å². The molecule has 1 aliphatic rings. The zero-order valence-electron chi connectivity index (χ0n) is 17.4. The number of nitrogens with one attached hydrogen (secondary N) is 2. The molecule has 0 amide bonds. The number of benzene rings is 2. The minimum Gasteiger partial charge on any atom is -0.508 e. The monoisotopic (exact) mass is 403 g/mol. The van der Waals surface area contributed by atoms with E-state index in [0.29, 0.717) is 12.0 Å². The minimum absolute atomic E-state index is 0.288. The fourth-order valence-corrected chi connectivity index (χ4v) is 3.77. The highest BCUT2D eigenvalue weighted by atomic mass is 16.3. The second-order valence-electron chi connectivity index (χ2n) is 7.83. The zero-order chi connectivity index (χ0) is 20.8. The number of aromatic hydroxyl groups is 1. The van der Waals surface area contributed by atoms with Gasteiger partial charge in [0.1, 0.15) is 5.75 Å². The lowest BCUT2D eigenvalue weighted by atomic mass is 10.1. The molecule has 6 nitrogen and oxygen atoms in total. The number of hydrogen-bond donors (Lipinski definition) is 3. The van der Waals surface area contributed by atoms with E-state index in [2.05, 4.69) is 51.7 Å². The summed E-state index contributed by atoms with van der Waals surface area (Å²) >= 11 is 0. The summed E-state index contributed by atoms with van der Waals surface area (Å²) in [6.45, 7) is 7.14. The molecular weight excluding hydrogens is 374 g/mol. The number of nitrogens with zero attached hydrogens (tertiary/aromatic N) is 3. The van der Waals surface area contributed by atoms with E-state index in [0.717, 1.165) is 56.0 Å². The first-order chi connectivity index (χ1) is 14.7. The molecule has 0 spiro atoms. The highest BCUT2D eigenvalue weighted by Gasteiger charge is 2.17. The molecular formula is C24H29N5O. The predicted molar refractivity (Wildman–Crippen MR) is 121 cm³/mol. The Kier molecular flexibility index (Phi) is 6.57. The summed E-state index contributed by atoms with van der Waals surface area (Å²) in [5.41, 5.74) is 4.50. The maximum Gasteiger partial charge on any atom is 0.223 e. The van der Waals surface area contributed by atoms with E-state index in [4.69, 9.17) is 4.98 Å². The van der Waals surface area contributed by atoms with E-state index in [1.54, 1.807) is 18.3 Å². The first kappa shape index (κ1) is 20.3. The third-order valence-corrected chi connectivity index (χ3v) is 5.54. The number of hydrogen-bond acceptors (Lipinski definition) is 6. The fraction of sp³-hybridized carbons (Fsp3) is 0.333. The Balaban J connectivity index is 1.39. The van der Waals surface area contributed by atoms with Crippen LogP contribution in [0.25, 0.3) is 11.3 Å². The molecule has 0 unspecified atom stereocenters. The van der Waals surface area contributed by atoms with Crippen LogP contribution < -0.4 is 10.6 Å². The molecule has 0 aliphatic carbocycles. The summed E-state index contributed by atoms with van der Waals surface area (Å²) in [4.78, 5) is 11.6. The van der Waals surface area contributed by atoms with Crippen molar-refractivity contribution in [1.82, 2.24) is 20.2 Å². The Labute approximate surface area is 178 Å². The maximum atomic E-state index is 9.38. The van der Waals surface area contributed by atoms with E-state index in [1.807, 2.05) is 18.2 Å². The quantitative estimate of drug-likeness (QED) is 0.562. The number of phenols is 1. The molecule has 0 bridgehead atoms. The number of phenolic OH excluding ortho intramolecular Hbond substituents is 1. The van der Waals surface area contributed by atoms with Crippen LogP contribution in [0.3, 0.4) is 0 Å². The third-order valence-electron chi connectivity index (χ3n) is 5.54. The van der Waals surface area contributed by atoms with Crippen molar-refractivity contribution in [2.45, 2.75) is 25.9 Å². The van der Waals surface area contributed by atoms with Crippen LogP contribution in [0.5, 0.6) is 5.75 Å². The van der Waals surface area contributed by atoms with Gasteiger partial charge in [0.05, 0.1) is 5.69 Å². The normalized spacial score (nSPS) is 17.0. The summed E-state index contributed by atoms with van der Waals surface area (Å²) < 4.78 is 0. The van der Waals surface area contributed by atoms with E-state index in [1.165, 1.54) is 5.56 Å². The van der Waals surface area contributed by atoms with Crippen LogP contribution >= 0.6 is 0 Å². The molecule has 1 fully saturated rings. The van der Waals surface area contributed by atoms with Crippen molar-refractivity contribution in [3.63, 3.8) is 0 Å². The van der Waals surface area contributed by atoms with Gasteiger partial charge in [0.2, 0.25) is 5.95 Å². The van der Waals surface area contributed by atoms with Gasteiger partial charge in [0.15, 0.2) is 0 Å². The second kappa shape index (κ2) is 9.69. The Hall–Kier alpha value is -2.96. The lowest BCUT2D eigenvalue weighted by Crippen LogP contribution is -2.49. The van der Waals surface area contributed by atoms with E-state index in [-0.39, 0.29) is 5.75 Å². The van der Waals surface area contributed by atoms with Gasteiger partial charge in [0, 0.05) is 50.5 Å². The van der Waals surface area contributed by atoms with Gasteiger partial charge in [-0.3, -0.25) is 4.90 Å². The highest BCUT2D eigenvalue weighted by molar-refractivity contribution is 5.61. The molecule has 3 aromatic rings. The van der Waals surface area contributed by atoms with Gasteiger partial charge in [-0.15, -0.1) is 0 Å². The van der Waals surface area contributed by atoms with Crippen LogP contribution in [-0.4, -0.2) is 52.2 Å². The van der Waals surface area contributed by atoms with E-state index in [9.17, 15) is 5.11 Å². The van der Waals surface area contributed by atoms with Gasteiger partial charge in [-0.25, -0.2) is 9.97 Å². The molecule has 6 heteroatoms. The SMILES string of the molecule is C[C@@H]1CNCCN1Cc1cccc(-c2ccnc(NCCc3ccc(O)cc3)n2)c1. The summed E-state index contributed by atoms with van der Waals surface area (Å²) in [5.74, 6) is 0.920. The van der Waals surface area contributed by atoms with Crippen molar-refractivity contribution in [3.8, 4) is 17.0 Å². The van der Waals surface area contributed by atoms with E-state index >= 15 is 0 Å². The molecule has 1 aliphatic heterocycles. The van der Waals surface area contributed by atoms with E-state index < -0.39 is 0 Å². The Morgan fingerprint density at radius 1 is 1.13 bits per heavy atom. The van der Waals surface area contributed by atoms with Crippen molar-refractivity contribution in [1.29, 1.82) is 0 Å². The third kappa shape index (κ3) is 5.34. The standard InChI is InChI=1S/C24H29N5O/c1-18-16-25-13-14-29(18)17-20-3-2-4-21(15-20)23-10-12-27-24(28-23)26-11-9-19-5-7-22(30)8-6-19/h2-8,10,12,15,18,25,30H,9,11,13-14,16-17H2,1H3,(H,26,27,28)/t18-/m1/s1. The Morgan fingerprint density at radius 2 is 2.00 bits per heavy atom. The molecule has 4 rings (SSSR count). The Bertz CT molecular complexity index is 960. The maximum absolute atomic E-state index is 9.38. The molecule has 1 atom stereocenters. The fourth-order valence-electron chi connectivity index (χ4n) is 3.77. The molecule has 1 aromatic heterocycles. The van der Waals surface area contributed by atoms with Gasteiger partial charge < -0.3 is 15.7 Å². The highest BCUT2D eigenvalue weighted by Crippen LogP contribution is 2.21. The average molecular weight is 404 g/mol. The second-order valence-corrected chi connectivity index (χ2v) is 7.83. The smallest absolute Gasteiger partial charge is 0.223 e. The Morgan fingerprint density at radius 3 is 2.83 bits per heavy atom. The number of piperazine rings is 1. The molecule has 3 N–H and O–H groups in total. The lowest BCUT2D eigenvalue weighted by Gasteiger charge is -2.33. The average Bonchev–Trinajstić information content (AvgIpc) is 2.77. The van der Waals surface area contributed by atoms with Crippen molar-refractivity contribution >= 4 is 5.95 Å². The summed E-state index contributed by atoms with van der Waals surface area (Å²) in [6, 6.07) is 18.4. The van der Waals surface area contributed by atoms with Crippen LogP contribution in [0.15, 0.2) is 60.8 Å². The zero-order valence-corrected chi connectivity index (χ0v) is 17.4. The predicted octanol–water partition coefficient (Wildman–Crippen LogP) is 3.30. The van der Waals surface area contributed by atoms with Crippen LogP contribution in [-0.2, 0) is 13.0 Å². The van der Waals surface area contributed by atoms with Crippen LogP contribution in [0, 0.1) is 0 Å². The van der Waals surface area contributed by atoms with Crippen LogP contribution in [0.1, 0.15) is 18.1 Å². The molecule has 156 valence electrons. The molecule has 0 saturated carbocycles. The van der Waals surface area contributed by atoms with Gasteiger partial charge in [0.25, 0.3) is 0 Å². The van der Waals surface area contributed by atoms with Crippen LogP contribution in [0.4, 0.5) is 5.95 Å². The van der Waals surface area contributed by atoms with Gasteiger partial charge in [-0.05, 0) is 48.7 Å². The van der Waals surface area contributed by atoms with Crippen molar-refractivity contribution in [3.05, 3.63) is 71.9 Å².